The molecule has 0 saturated carbocycles. The van der Waals surface area contributed by atoms with Crippen LogP contribution in [0.4, 0.5) is 10.1 Å². The minimum Gasteiger partial charge on any atom is -0.262 e. The van der Waals surface area contributed by atoms with Crippen LogP contribution in [0.3, 0.4) is 0 Å². The molecule has 0 bridgehead atoms. The quantitative estimate of drug-likeness (QED) is 0.555. The Morgan fingerprint density at radius 1 is 0.846 bits per heavy atom. The average Bonchev–Trinajstić information content (AvgIpc) is 2.61. The minimum absolute atomic E-state index is 0.00663. The van der Waals surface area contributed by atoms with Crippen molar-refractivity contribution in [3.63, 3.8) is 0 Å². The second kappa shape index (κ2) is 7.66. The fourth-order valence-corrected chi connectivity index (χ4v) is 4.19. The predicted octanol–water partition coefficient (Wildman–Crippen LogP) is 5.53. The number of hydrogen-bond donors (Lipinski definition) is 0. The maximum absolute atomic E-state index is 13.2. The molecule has 134 valence electrons. The van der Waals surface area contributed by atoms with E-state index in [2.05, 4.69) is 0 Å². The van der Waals surface area contributed by atoms with Crippen LogP contribution >= 0.6 is 23.2 Å². The first-order valence-electron chi connectivity index (χ1n) is 7.64. The molecule has 3 aromatic carbocycles. The van der Waals surface area contributed by atoms with Crippen molar-refractivity contribution in [2.24, 2.45) is 0 Å². The van der Waals surface area contributed by atoms with E-state index in [1.54, 1.807) is 48.5 Å². The van der Waals surface area contributed by atoms with Gasteiger partial charge in [0.25, 0.3) is 10.0 Å². The van der Waals surface area contributed by atoms with Crippen LogP contribution in [0.1, 0.15) is 5.56 Å². The van der Waals surface area contributed by atoms with Gasteiger partial charge in [0.05, 0.1) is 17.1 Å². The van der Waals surface area contributed by atoms with Crippen molar-refractivity contribution in [1.29, 1.82) is 0 Å². The molecule has 3 aromatic rings. The molecular formula is C19H14Cl2FNO2S. The third-order valence-electron chi connectivity index (χ3n) is 3.74. The third kappa shape index (κ3) is 4.18. The molecule has 0 atom stereocenters. The maximum atomic E-state index is 13.2. The Morgan fingerprint density at radius 3 is 2.12 bits per heavy atom. The van der Waals surface area contributed by atoms with Crippen LogP contribution in [-0.2, 0) is 16.6 Å². The van der Waals surface area contributed by atoms with Gasteiger partial charge < -0.3 is 0 Å². The molecule has 0 unspecified atom stereocenters. The summed E-state index contributed by atoms with van der Waals surface area (Å²) in [7, 11) is -3.92. The lowest BCUT2D eigenvalue weighted by Gasteiger charge is -2.25. The summed E-state index contributed by atoms with van der Waals surface area (Å²) >= 11 is 11.9. The van der Waals surface area contributed by atoms with Gasteiger partial charge in [0.1, 0.15) is 5.82 Å². The summed E-state index contributed by atoms with van der Waals surface area (Å²) < 4.78 is 40.8. The molecule has 0 aromatic heterocycles. The molecule has 0 amide bonds. The molecule has 0 heterocycles. The lowest BCUT2D eigenvalue weighted by atomic mass is 10.2. The molecular weight excluding hydrogens is 396 g/mol. The monoisotopic (exact) mass is 409 g/mol. The van der Waals surface area contributed by atoms with Crippen molar-refractivity contribution in [3.8, 4) is 0 Å². The molecule has 0 spiro atoms. The Kier molecular flexibility index (Phi) is 5.51. The molecule has 3 rings (SSSR count). The van der Waals surface area contributed by atoms with Crippen LogP contribution in [0.15, 0.2) is 77.7 Å². The van der Waals surface area contributed by atoms with Gasteiger partial charge in [-0.05, 0) is 60.2 Å². The van der Waals surface area contributed by atoms with Crippen LogP contribution in [0.25, 0.3) is 0 Å². The molecule has 0 fully saturated rings. The van der Waals surface area contributed by atoms with Crippen molar-refractivity contribution < 1.29 is 12.8 Å². The van der Waals surface area contributed by atoms with Crippen LogP contribution in [0, 0.1) is 5.82 Å². The summed E-state index contributed by atoms with van der Waals surface area (Å²) in [6.45, 7) is 0.0806. The van der Waals surface area contributed by atoms with Gasteiger partial charge in [-0.25, -0.2) is 12.8 Å². The minimum atomic E-state index is -3.92. The molecule has 0 radical (unpaired) electrons. The van der Waals surface area contributed by atoms with Crippen LogP contribution < -0.4 is 4.31 Å². The molecule has 0 N–H and O–H groups in total. The van der Waals surface area contributed by atoms with Gasteiger partial charge in [-0.15, -0.1) is 0 Å². The van der Waals surface area contributed by atoms with Crippen LogP contribution in [-0.4, -0.2) is 8.42 Å². The van der Waals surface area contributed by atoms with Crippen molar-refractivity contribution in [2.75, 3.05) is 4.31 Å². The van der Waals surface area contributed by atoms with Gasteiger partial charge in [0.15, 0.2) is 0 Å². The zero-order valence-electron chi connectivity index (χ0n) is 13.4. The highest BCUT2D eigenvalue weighted by Gasteiger charge is 2.25. The largest absolute Gasteiger partial charge is 0.264 e. The van der Waals surface area contributed by atoms with E-state index in [4.69, 9.17) is 23.2 Å². The van der Waals surface area contributed by atoms with E-state index >= 15 is 0 Å². The summed E-state index contributed by atoms with van der Waals surface area (Å²) in [6.07, 6.45) is 0. The first-order valence-corrected chi connectivity index (χ1v) is 9.84. The topological polar surface area (TPSA) is 37.4 Å². The SMILES string of the molecule is O=S(=O)(c1ccc(F)cc1)N(Cc1ccc(Cl)cc1)c1cccc(Cl)c1. The average molecular weight is 410 g/mol. The van der Waals surface area contributed by atoms with E-state index in [0.717, 1.165) is 17.7 Å². The zero-order valence-corrected chi connectivity index (χ0v) is 15.8. The maximum Gasteiger partial charge on any atom is 0.264 e. The molecule has 3 nitrogen and oxygen atoms in total. The van der Waals surface area contributed by atoms with E-state index in [1.165, 1.54) is 16.4 Å². The van der Waals surface area contributed by atoms with Gasteiger partial charge in [-0.1, -0.05) is 41.4 Å². The van der Waals surface area contributed by atoms with Gasteiger partial charge in [-0.3, -0.25) is 4.31 Å². The Labute approximate surface area is 161 Å². The van der Waals surface area contributed by atoms with Gasteiger partial charge in [0.2, 0.25) is 0 Å². The normalized spacial score (nSPS) is 11.3. The van der Waals surface area contributed by atoms with Crippen molar-refractivity contribution >= 4 is 38.9 Å². The number of benzene rings is 3. The fourth-order valence-electron chi connectivity index (χ4n) is 2.44. The summed E-state index contributed by atoms with van der Waals surface area (Å²) in [5.41, 5.74) is 1.16. The highest BCUT2D eigenvalue weighted by atomic mass is 35.5. The van der Waals surface area contributed by atoms with Crippen LogP contribution in [0.2, 0.25) is 10.0 Å². The summed E-state index contributed by atoms with van der Waals surface area (Å²) in [6, 6.07) is 18.2. The number of hydrogen-bond acceptors (Lipinski definition) is 2. The standard InChI is InChI=1S/C19H14Cl2FNO2S/c20-15-6-4-14(5-7-15)13-23(18-3-1-2-16(21)12-18)26(24,25)19-10-8-17(22)9-11-19/h1-12H,13H2. The van der Waals surface area contributed by atoms with E-state index < -0.39 is 15.8 Å². The van der Waals surface area contributed by atoms with Crippen molar-refractivity contribution in [1.82, 2.24) is 0 Å². The molecule has 0 aliphatic rings. The molecule has 0 aliphatic carbocycles. The number of nitrogens with zero attached hydrogens (tertiary/aromatic N) is 1. The second-order valence-corrected chi connectivity index (χ2v) is 8.31. The second-order valence-electron chi connectivity index (χ2n) is 5.57. The van der Waals surface area contributed by atoms with Gasteiger partial charge in [-0.2, -0.15) is 0 Å². The molecule has 7 heteroatoms. The lowest BCUT2D eigenvalue weighted by molar-refractivity contribution is 0.589. The lowest BCUT2D eigenvalue weighted by Crippen LogP contribution is -2.30. The summed E-state index contributed by atoms with van der Waals surface area (Å²) in [5, 5.41) is 0.974. The molecule has 0 saturated heterocycles. The fraction of sp³-hybridized carbons (Fsp3) is 0.0526. The van der Waals surface area contributed by atoms with E-state index in [0.29, 0.717) is 15.7 Å². The smallest absolute Gasteiger partial charge is 0.262 e. The summed E-state index contributed by atoms with van der Waals surface area (Å²) in [5.74, 6) is -0.504. The zero-order chi connectivity index (χ0) is 18.7. The van der Waals surface area contributed by atoms with Gasteiger partial charge >= 0.3 is 0 Å². The van der Waals surface area contributed by atoms with E-state index in [9.17, 15) is 12.8 Å². The first-order chi connectivity index (χ1) is 12.4. The number of anilines is 1. The van der Waals surface area contributed by atoms with Crippen molar-refractivity contribution in [2.45, 2.75) is 11.4 Å². The van der Waals surface area contributed by atoms with Crippen molar-refractivity contribution in [3.05, 3.63) is 94.2 Å². The summed E-state index contributed by atoms with van der Waals surface area (Å²) in [4.78, 5) is -0.00663. The Bertz CT molecular complexity index is 1010. The number of sulfonamides is 1. The highest BCUT2D eigenvalue weighted by Crippen LogP contribution is 2.28. The number of halogens is 3. The third-order valence-corrected chi connectivity index (χ3v) is 6.01. The molecule has 0 aliphatic heterocycles. The number of rotatable bonds is 5. The Balaban J connectivity index is 2.07. The first kappa shape index (κ1) is 18.7. The highest BCUT2D eigenvalue weighted by molar-refractivity contribution is 7.92. The molecule has 26 heavy (non-hydrogen) atoms. The van der Waals surface area contributed by atoms with Crippen LogP contribution in [0.5, 0.6) is 0 Å². The Morgan fingerprint density at radius 2 is 1.50 bits per heavy atom. The van der Waals surface area contributed by atoms with Gasteiger partial charge in [0, 0.05) is 10.0 Å². The van der Waals surface area contributed by atoms with E-state index in [-0.39, 0.29) is 11.4 Å². The predicted molar refractivity (Wildman–Crippen MR) is 103 cm³/mol. The van der Waals surface area contributed by atoms with E-state index in [1.807, 2.05) is 0 Å². The Hall–Kier alpha value is -2.08.